The Morgan fingerprint density at radius 3 is 2.50 bits per heavy atom. The molecule has 0 bridgehead atoms. The Labute approximate surface area is 92.5 Å². The molecule has 4 heteroatoms. The Kier molecular flexibility index (Phi) is 2.70. The number of alkyl halides is 3. The third-order valence-corrected chi connectivity index (χ3v) is 3.22. The van der Waals surface area contributed by atoms with Crippen molar-refractivity contribution in [1.82, 2.24) is 0 Å². The van der Waals surface area contributed by atoms with Gasteiger partial charge >= 0.3 is 6.18 Å². The van der Waals surface area contributed by atoms with E-state index in [0.717, 1.165) is 23.6 Å². The highest BCUT2D eigenvalue weighted by molar-refractivity contribution is 5.37. The van der Waals surface area contributed by atoms with E-state index in [1.807, 2.05) is 0 Å². The summed E-state index contributed by atoms with van der Waals surface area (Å²) in [5.41, 5.74) is 6.70. The van der Waals surface area contributed by atoms with E-state index in [2.05, 4.69) is 0 Å². The third-order valence-electron chi connectivity index (χ3n) is 3.22. The lowest BCUT2D eigenvalue weighted by molar-refractivity contribution is -0.137. The predicted molar refractivity (Wildman–Crippen MR) is 56.1 cm³/mol. The van der Waals surface area contributed by atoms with Gasteiger partial charge in [0.05, 0.1) is 5.56 Å². The second-order valence-corrected chi connectivity index (χ2v) is 4.41. The second-order valence-electron chi connectivity index (χ2n) is 4.41. The van der Waals surface area contributed by atoms with Crippen LogP contribution in [0.5, 0.6) is 0 Å². The Hall–Kier alpha value is -1.03. The van der Waals surface area contributed by atoms with Gasteiger partial charge in [0.25, 0.3) is 0 Å². The normalized spacial score (nSPS) is 24.6. The molecule has 1 nitrogen and oxygen atoms in total. The average molecular weight is 229 g/mol. The molecule has 1 aromatic carbocycles. The number of hydrogen-bond acceptors (Lipinski definition) is 1. The number of hydrogen-bond donors (Lipinski definition) is 1. The molecule has 1 aromatic rings. The van der Waals surface area contributed by atoms with Gasteiger partial charge in [0.15, 0.2) is 0 Å². The molecule has 0 radical (unpaired) electrons. The molecular formula is C12H14F3N. The maximum Gasteiger partial charge on any atom is 0.416 e. The van der Waals surface area contributed by atoms with Crippen LogP contribution in [0.25, 0.3) is 0 Å². The number of nitrogens with two attached hydrogens (primary N) is 1. The van der Waals surface area contributed by atoms with Crippen LogP contribution in [0.4, 0.5) is 13.2 Å². The lowest BCUT2D eigenvalue weighted by Crippen LogP contribution is -2.06. The fourth-order valence-corrected chi connectivity index (χ4v) is 2.16. The van der Waals surface area contributed by atoms with Gasteiger partial charge in [-0.3, -0.25) is 0 Å². The molecule has 1 fully saturated rings. The summed E-state index contributed by atoms with van der Waals surface area (Å²) in [7, 11) is 0. The molecule has 0 heterocycles. The van der Waals surface area contributed by atoms with E-state index in [1.165, 1.54) is 6.07 Å². The maximum atomic E-state index is 12.4. The smallest absolute Gasteiger partial charge is 0.330 e. The summed E-state index contributed by atoms with van der Waals surface area (Å²) in [6, 6.07) is 3.98. The summed E-state index contributed by atoms with van der Waals surface area (Å²) in [6.45, 7) is 2.35. The largest absolute Gasteiger partial charge is 0.416 e. The zero-order valence-corrected chi connectivity index (χ0v) is 9.01. The number of halogens is 3. The monoisotopic (exact) mass is 229 g/mol. The van der Waals surface area contributed by atoms with Crippen LogP contribution < -0.4 is 5.73 Å². The lowest BCUT2D eigenvalue weighted by Gasteiger charge is -2.10. The molecule has 2 atom stereocenters. The molecule has 1 aliphatic rings. The summed E-state index contributed by atoms with van der Waals surface area (Å²) in [5.74, 6) is 0.822. The Balaban J connectivity index is 2.25. The summed E-state index contributed by atoms with van der Waals surface area (Å²) in [4.78, 5) is 0. The molecule has 1 saturated carbocycles. The Morgan fingerprint density at radius 1 is 1.38 bits per heavy atom. The molecule has 0 spiro atoms. The van der Waals surface area contributed by atoms with E-state index < -0.39 is 11.7 Å². The van der Waals surface area contributed by atoms with Gasteiger partial charge in [0.1, 0.15) is 0 Å². The van der Waals surface area contributed by atoms with E-state index in [0.29, 0.717) is 18.4 Å². The molecule has 0 saturated heterocycles. The van der Waals surface area contributed by atoms with Crippen LogP contribution in [0.1, 0.15) is 29.0 Å². The highest BCUT2D eigenvalue weighted by Gasteiger charge is 2.38. The zero-order valence-electron chi connectivity index (χ0n) is 9.01. The van der Waals surface area contributed by atoms with Crippen LogP contribution in [0.3, 0.4) is 0 Å². The highest BCUT2D eigenvalue weighted by atomic mass is 19.4. The van der Waals surface area contributed by atoms with Crippen LogP contribution in [0, 0.1) is 12.8 Å². The van der Waals surface area contributed by atoms with Gasteiger partial charge in [0, 0.05) is 0 Å². The van der Waals surface area contributed by atoms with Gasteiger partial charge < -0.3 is 5.73 Å². The summed E-state index contributed by atoms with van der Waals surface area (Å²) in [5, 5.41) is 0. The van der Waals surface area contributed by atoms with Crippen LogP contribution in [-0.2, 0) is 6.18 Å². The fourth-order valence-electron chi connectivity index (χ4n) is 2.16. The summed E-state index contributed by atoms with van der Waals surface area (Å²) < 4.78 is 37.3. The first kappa shape index (κ1) is 11.5. The van der Waals surface area contributed by atoms with Gasteiger partial charge in [-0.15, -0.1) is 0 Å². The zero-order chi connectivity index (χ0) is 11.9. The first-order valence-corrected chi connectivity index (χ1v) is 5.31. The topological polar surface area (TPSA) is 26.0 Å². The summed E-state index contributed by atoms with van der Waals surface area (Å²) >= 11 is 0. The third kappa shape index (κ3) is 2.07. The van der Waals surface area contributed by atoms with Gasteiger partial charge in [-0.1, -0.05) is 6.07 Å². The average Bonchev–Trinajstić information content (AvgIpc) is 2.95. The Bertz CT molecular complexity index is 398. The van der Waals surface area contributed by atoms with Gasteiger partial charge in [0.2, 0.25) is 0 Å². The van der Waals surface area contributed by atoms with Crippen LogP contribution in [-0.4, -0.2) is 6.54 Å². The number of rotatable bonds is 2. The minimum absolute atomic E-state index is 0.368. The number of aryl methyl sites for hydroxylation is 1. The molecule has 16 heavy (non-hydrogen) atoms. The molecule has 0 aromatic heterocycles. The van der Waals surface area contributed by atoms with Crippen molar-refractivity contribution in [2.75, 3.05) is 6.54 Å². The van der Waals surface area contributed by atoms with Crippen LogP contribution in [0.2, 0.25) is 0 Å². The second kappa shape index (κ2) is 3.77. The van der Waals surface area contributed by atoms with Crippen molar-refractivity contribution in [3.05, 3.63) is 34.9 Å². The van der Waals surface area contributed by atoms with Crippen molar-refractivity contribution in [3.63, 3.8) is 0 Å². The van der Waals surface area contributed by atoms with Crippen molar-refractivity contribution in [1.29, 1.82) is 0 Å². The predicted octanol–water partition coefficient (Wildman–Crippen LogP) is 3.08. The first-order valence-electron chi connectivity index (χ1n) is 5.31. The van der Waals surface area contributed by atoms with E-state index >= 15 is 0 Å². The van der Waals surface area contributed by atoms with E-state index in [9.17, 15) is 13.2 Å². The van der Waals surface area contributed by atoms with Crippen LogP contribution in [0.15, 0.2) is 18.2 Å². The fraction of sp³-hybridized carbons (Fsp3) is 0.500. The Morgan fingerprint density at radius 2 is 2.06 bits per heavy atom. The SMILES string of the molecule is Cc1cc(C(F)(F)F)ccc1C1CC1CN. The molecule has 2 unspecified atom stereocenters. The maximum absolute atomic E-state index is 12.4. The van der Waals surface area contributed by atoms with Crippen molar-refractivity contribution in [3.8, 4) is 0 Å². The number of benzene rings is 1. The first-order chi connectivity index (χ1) is 7.43. The minimum Gasteiger partial charge on any atom is -0.330 e. The molecule has 1 aliphatic carbocycles. The summed E-state index contributed by atoms with van der Waals surface area (Å²) in [6.07, 6.45) is -3.25. The molecule has 2 rings (SSSR count). The molecule has 0 aliphatic heterocycles. The van der Waals surface area contributed by atoms with Gasteiger partial charge in [-0.25, -0.2) is 0 Å². The molecular weight excluding hydrogens is 215 g/mol. The van der Waals surface area contributed by atoms with E-state index in [4.69, 9.17) is 5.73 Å². The standard InChI is InChI=1S/C12H14F3N/c1-7-4-9(12(13,14)15)2-3-10(7)11-5-8(11)6-16/h2-4,8,11H,5-6,16H2,1H3. The van der Waals surface area contributed by atoms with Crippen molar-refractivity contribution in [2.45, 2.75) is 25.4 Å². The van der Waals surface area contributed by atoms with Crippen molar-refractivity contribution in [2.24, 2.45) is 11.7 Å². The lowest BCUT2D eigenvalue weighted by atomic mass is 10.00. The van der Waals surface area contributed by atoms with Gasteiger partial charge in [-0.05, 0) is 55.0 Å². The van der Waals surface area contributed by atoms with Crippen LogP contribution >= 0.6 is 0 Å². The molecule has 2 N–H and O–H groups in total. The van der Waals surface area contributed by atoms with E-state index in [1.54, 1.807) is 13.0 Å². The quantitative estimate of drug-likeness (QED) is 0.828. The van der Waals surface area contributed by atoms with Crippen molar-refractivity contribution < 1.29 is 13.2 Å². The van der Waals surface area contributed by atoms with E-state index in [-0.39, 0.29) is 0 Å². The minimum atomic E-state index is -4.25. The van der Waals surface area contributed by atoms with Crippen molar-refractivity contribution >= 4 is 0 Å². The van der Waals surface area contributed by atoms with Gasteiger partial charge in [-0.2, -0.15) is 13.2 Å². The highest BCUT2D eigenvalue weighted by Crippen LogP contribution is 2.48. The molecule has 0 amide bonds. The molecule has 88 valence electrons.